The van der Waals surface area contributed by atoms with Crippen molar-refractivity contribution in [3.8, 4) is 34.3 Å². The normalized spacial score (nSPS) is 16.8. The first-order valence-corrected chi connectivity index (χ1v) is 15.0. The number of ether oxygens (including phenoxy) is 1. The predicted molar refractivity (Wildman–Crippen MR) is 157 cm³/mol. The van der Waals surface area contributed by atoms with Crippen molar-refractivity contribution in [2.45, 2.75) is 70.3 Å². The van der Waals surface area contributed by atoms with E-state index in [1.165, 1.54) is 56.7 Å². The van der Waals surface area contributed by atoms with Gasteiger partial charge in [-0.25, -0.2) is 27.5 Å². The predicted octanol–water partition coefficient (Wildman–Crippen LogP) is 10.2. The first-order valence-electron chi connectivity index (χ1n) is 15.0. The highest BCUT2D eigenvalue weighted by atomic mass is 19.3. The van der Waals surface area contributed by atoms with Crippen LogP contribution in [0, 0.1) is 40.5 Å². The molecule has 1 aliphatic rings. The zero-order chi connectivity index (χ0) is 32.1. The quantitative estimate of drug-likeness (QED) is 0.130. The van der Waals surface area contributed by atoms with Crippen LogP contribution in [0.15, 0.2) is 60.9 Å². The van der Waals surface area contributed by atoms with Gasteiger partial charge in [0.1, 0.15) is 40.7 Å². The second-order valence-corrected chi connectivity index (χ2v) is 11.4. The molecule has 1 aliphatic carbocycles. The number of nitriles is 1. The molecule has 0 unspecified atom stereocenters. The molecule has 0 amide bonds. The Morgan fingerprint density at radius 3 is 2.09 bits per heavy atom. The van der Waals surface area contributed by atoms with Crippen LogP contribution < -0.4 is 4.74 Å². The van der Waals surface area contributed by atoms with E-state index in [-0.39, 0.29) is 17.0 Å². The minimum atomic E-state index is -4.55. The zero-order valence-electron chi connectivity index (χ0n) is 24.6. The molecule has 1 aromatic heterocycles. The number of hydrogen-bond acceptors (Lipinski definition) is 4. The Hall–Kier alpha value is -4.39. The van der Waals surface area contributed by atoms with Gasteiger partial charge in [0.25, 0.3) is 0 Å². The Morgan fingerprint density at radius 1 is 0.822 bits per heavy atom. The second-order valence-electron chi connectivity index (χ2n) is 11.4. The summed E-state index contributed by atoms with van der Waals surface area (Å²) in [6.07, 6.45) is 8.57. The van der Waals surface area contributed by atoms with E-state index < -0.39 is 46.3 Å². The number of halogens is 6. The molecule has 0 atom stereocenters. The van der Waals surface area contributed by atoms with E-state index >= 15 is 4.39 Å². The summed E-state index contributed by atoms with van der Waals surface area (Å²) in [4.78, 5) is 8.86. The first kappa shape index (κ1) is 32.0. The standard InChI is InChI=1S/C35H31F6N3O/c1-2-3-4-5-21-6-8-22(9-7-21)26-19-43-34(44-20-26)23-11-13-28(30(37)14-23)25-15-31(38)33(32(39)16-25)35(40,41)45-27-12-10-24(18-42)29(36)17-27/h10-17,19-22H,2-9H2,1H3. The molecule has 0 radical (unpaired) electrons. The number of nitrogens with zero attached hydrogens (tertiary/aromatic N) is 3. The molecule has 0 N–H and O–H groups in total. The van der Waals surface area contributed by atoms with Crippen LogP contribution >= 0.6 is 0 Å². The summed E-state index contributed by atoms with van der Waals surface area (Å²) in [6, 6.07) is 8.79. The molecule has 1 fully saturated rings. The molecule has 234 valence electrons. The molecule has 1 heterocycles. The molecule has 5 rings (SSSR count). The number of benzene rings is 3. The number of rotatable bonds is 10. The fourth-order valence-electron chi connectivity index (χ4n) is 5.91. The minimum Gasteiger partial charge on any atom is -0.429 e. The highest BCUT2D eigenvalue weighted by molar-refractivity contribution is 5.69. The van der Waals surface area contributed by atoms with Crippen LogP contribution in [-0.4, -0.2) is 9.97 Å². The van der Waals surface area contributed by atoms with E-state index in [2.05, 4.69) is 21.6 Å². The average molecular weight is 624 g/mol. The Labute approximate surface area is 257 Å². The number of hydrogen-bond donors (Lipinski definition) is 0. The van der Waals surface area contributed by atoms with Crippen molar-refractivity contribution < 1.29 is 31.1 Å². The summed E-state index contributed by atoms with van der Waals surface area (Å²) in [5.74, 6) is -4.69. The van der Waals surface area contributed by atoms with Crippen LogP contribution in [0.3, 0.4) is 0 Å². The Morgan fingerprint density at radius 2 is 1.49 bits per heavy atom. The molecule has 3 aromatic carbocycles. The third kappa shape index (κ3) is 7.30. The molecule has 10 heteroatoms. The lowest BCUT2D eigenvalue weighted by Gasteiger charge is -2.28. The first-order chi connectivity index (χ1) is 21.6. The molecule has 4 aromatic rings. The molecule has 0 aliphatic heterocycles. The molecule has 4 nitrogen and oxygen atoms in total. The summed E-state index contributed by atoms with van der Waals surface area (Å²) >= 11 is 0. The van der Waals surface area contributed by atoms with Crippen LogP contribution in [0.1, 0.15) is 80.9 Å². The Bertz CT molecular complexity index is 1670. The Kier molecular flexibility index (Phi) is 9.76. The maximum Gasteiger partial charge on any atom is 0.432 e. The van der Waals surface area contributed by atoms with E-state index in [4.69, 9.17) is 5.26 Å². The van der Waals surface area contributed by atoms with Crippen LogP contribution in [0.5, 0.6) is 5.75 Å². The highest BCUT2D eigenvalue weighted by Gasteiger charge is 2.41. The van der Waals surface area contributed by atoms with Crippen LogP contribution in [0.2, 0.25) is 0 Å². The third-order valence-electron chi connectivity index (χ3n) is 8.38. The summed E-state index contributed by atoms with van der Waals surface area (Å²) in [7, 11) is 0. The van der Waals surface area contributed by atoms with Crippen molar-refractivity contribution in [1.82, 2.24) is 9.97 Å². The van der Waals surface area contributed by atoms with Crippen molar-refractivity contribution >= 4 is 0 Å². The van der Waals surface area contributed by atoms with E-state index in [0.29, 0.717) is 29.7 Å². The number of unbranched alkanes of at least 4 members (excludes halogenated alkanes) is 2. The van der Waals surface area contributed by atoms with Gasteiger partial charge < -0.3 is 4.74 Å². The van der Waals surface area contributed by atoms with Crippen LogP contribution in [0.4, 0.5) is 26.3 Å². The molecule has 1 saturated carbocycles. The Balaban J connectivity index is 1.29. The number of alkyl halides is 2. The van der Waals surface area contributed by atoms with Crippen molar-refractivity contribution in [1.29, 1.82) is 5.26 Å². The zero-order valence-corrected chi connectivity index (χ0v) is 24.6. The van der Waals surface area contributed by atoms with E-state index in [1.54, 1.807) is 12.4 Å². The smallest absolute Gasteiger partial charge is 0.429 e. The van der Waals surface area contributed by atoms with Gasteiger partial charge in [-0.2, -0.15) is 14.0 Å². The molecule has 45 heavy (non-hydrogen) atoms. The van der Waals surface area contributed by atoms with E-state index in [0.717, 1.165) is 42.5 Å². The molecular formula is C35H31F6N3O. The van der Waals surface area contributed by atoms with Gasteiger partial charge in [0, 0.05) is 29.6 Å². The minimum absolute atomic E-state index is 0.228. The lowest BCUT2D eigenvalue weighted by Crippen LogP contribution is -2.25. The van der Waals surface area contributed by atoms with Crippen molar-refractivity contribution in [3.05, 3.63) is 101 Å². The van der Waals surface area contributed by atoms with Gasteiger partial charge >= 0.3 is 6.11 Å². The maximum absolute atomic E-state index is 15.2. The third-order valence-corrected chi connectivity index (χ3v) is 8.38. The van der Waals surface area contributed by atoms with E-state index in [1.807, 2.05) is 0 Å². The van der Waals surface area contributed by atoms with Gasteiger partial charge in [-0.05, 0) is 79.0 Å². The van der Waals surface area contributed by atoms with Gasteiger partial charge in [0.15, 0.2) is 5.82 Å². The van der Waals surface area contributed by atoms with Crippen LogP contribution in [-0.2, 0) is 6.11 Å². The summed E-state index contributed by atoms with van der Waals surface area (Å²) in [5, 5.41) is 8.78. The lowest BCUT2D eigenvalue weighted by atomic mass is 9.77. The SMILES string of the molecule is CCCCCC1CCC(c2cnc(-c3ccc(-c4cc(F)c(C(F)(F)Oc5ccc(C#N)c(F)c5)c(F)c4)c(F)c3)nc2)CC1. The van der Waals surface area contributed by atoms with Gasteiger partial charge in [0.2, 0.25) is 0 Å². The second kappa shape index (κ2) is 13.7. The van der Waals surface area contributed by atoms with Gasteiger partial charge in [-0.15, -0.1) is 0 Å². The average Bonchev–Trinajstić information content (AvgIpc) is 3.01. The summed E-state index contributed by atoms with van der Waals surface area (Å²) in [5.41, 5.74) is -1.32. The molecule has 0 spiro atoms. The topological polar surface area (TPSA) is 58.8 Å². The van der Waals surface area contributed by atoms with Gasteiger partial charge in [-0.3, -0.25) is 0 Å². The van der Waals surface area contributed by atoms with E-state index in [9.17, 15) is 22.0 Å². The molecule has 0 saturated heterocycles. The van der Waals surface area contributed by atoms with Crippen molar-refractivity contribution in [2.24, 2.45) is 5.92 Å². The van der Waals surface area contributed by atoms with Crippen molar-refractivity contribution in [2.75, 3.05) is 0 Å². The summed E-state index contributed by atoms with van der Waals surface area (Å²) < 4.78 is 92.7. The summed E-state index contributed by atoms with van der Waals surface area (Å²) in [6.45, 7) is 2.21. The molecular weight excluding hydrogens is 592 g/mol. The maximum atomic E-state index is 15.2. The monoisotopic (exact) mass is 623 g/mol. The molecule has 0 bridgehead atoms. The number of aromatic nitrogens is 2. The fourth-order valence-corrected chi connectivity index (χ4v) is 5.91. The fraction of sp³-hybridized carbons (Fsp3) is 0.343. The van der Waals surface area contributed by atoms with Gasteiger partial charge in [-0.1, -0.05) is 44.7 Å². The van der Waals surface area contributed by atoms with Crippen LogP contribution in [0.25, 0.3) is 22.5 Å². The van der Waals surface area contributed by atoms with Gasteiger partial charge in [0.05, 0.1) is 5.56 Å². The largest absolute Gasteiger partial charge is 0.432 e. The van der Waals surface area contributed by atoms with Crippen molar-refractivity contribution in [3.63, 3.8) is 0 Å². The highest BCUT2D eigenvalue weighted by Crippen LogP contribution is 2.39. The lowest BCUT2D eigenvalue weighted by molar-refractivity contribution is -0.189.